The third-order valence-corrected chi connectivity index (χ3v) is 9.79. The van der Waals surface area contributed by atoms with Crippen LogP contribution in [0.25, 0.3) is 0 Å². The van der Waals surface area contributed by atoms with Crippen LogP contribution in [0.2, 0.25) is 0 Å². The van der Waals surface area contributed by atoms with Gasteiger partial charge in [-0.15, -0.1) is 0 Å². The van der Waals surface area contributed by atoms with Crippen LogP contribution in [0, 0.1) is 18.3 Å². The van der Waals surface area contributed by atoms with Crippen LogP contribution in [0.4, 0.5) is 0 Å². The number of rotatable bonds is 15. The Bertz CT molecular complexity index is 1540. The zero-order chi connectivity index (χ0) is 36.6. The molecule has 0 spiro atoms. The van der Waals surface area contributed by atoms with Gasteiger partial charge in [0.1, 0.15) is 18.4 Å². The van der Waals surface area contributed by atoms with Crippen LogP contribution in [0.3, 0.4) is 0 Å². The minimum atomic E-state index is -4.10. The molecule has 3 amide bonds. The molecule has 0 unspecified atom stereocenters. The monoisotopic (exact) mass is 686 g/mol. The Morgan fingerprint density at radius 2 is 1.52 bits per heavy atom. The van der Waals surface area contributed by atoms with Gasteiger partial charge in [0.2, 0.25) is 11.8 Å². The van der Waals surface area contributed by atoms with Crippen molar-refractivity contribution in [2.75, 3.05) is 27.3 Å². The summed E-state index contributed by atoms with van der Waals surface area (Å²) in [7, 11) is -0.794. The Kier molecular flexibility index (Phi) is 14.0. The molecule has 12 heteroatoms. The third-order valence-electron chi connectivity index (χ3n) is 8.45. The molecule has 3 atom stereocenters. The Hall–Kier alpha value is -3.74. The quantitative estimate of drug-likeness (QED) is 0.207. The summed E-state index contributed by atoms with van der Waals surface area (Å²) in [6.45, 7) is 16.7. The highest BCUT2D eigenvalue weighted by molar-refractivity contribution is 7.90. The number of aliphatic hydroxyl groups is 1. The summed E-state index contributed by atoms with van der Waals surface area (Å²) in [5.74, 6) is -1.07. The van der Waals surface area contributed by atoms with Crippen molar-refractivity contribution in [1.82, 2.24) is 20.3 Å². The summed E-state index contributed by atoms with van der Waals surface area (Å²) in [5.41, 5.74) is 0.500. The predicted molar refractivity (Wildman–Crippen MR) is 188 cm³/mol. The maximum atomic E-state index is 14.2. The zero-order valence-corrected chi connectivity index (χ0v) is 31.0. The smallest absolute Gasteiger partial charge is 0.264 e. The molecule has 2 aromatic rings. The summed E-state index contributed by atoms with van der Waals surface area (Å²) >= 11 is 0. The van der Waals surface area contributed by atoms with Crippen LogP contribution in [-0.2, 0) is 29.8 Å². The fourth-order valence-corrected chi connectivity index (χ4v) is 6.43. The molecule has 11 nitrogen and oxygen atoms in total. The first-order chi connectivity index (χ1) is 22.2. The van der Waals surface area contributed by atoms with E-state index in [9.17, 15) is 22.8 Å². The molecule has 0 saturated heterocycles. The van der Waals surface area contributed by atoms with Gasteiger partial charge in [0, 0.05) is 18.0 Å². The standard InChI is InChI=1S/C36H54N4O7S/c1-23(2)29(22-25(4)32(42)39-48(45,46)28-18-12-24(3)13-19-28)40(11)34(44)31(35(5,6)7)38-33(43)30(37-10)36(8,9)26-14-16-27(17-15-26)47-21-20-41/h12-19,22-23,29-31,37,41H,20-21H2,1-11H3,(H,38,43)(H,39,42)/b25-22+/t29-,30-,31-/m1/s1. The zero-order valence-electron chi connectivity index (χ0n) is 30.2. The Morgan fingerprint density at radius 1 is 0.958 bits per heavy atom. The molecule has 0 heterocycles. The Balaban J connectivity index is 2.32. The third kappa shape index (κ3) is 10.4. The molecule has 0 radical (unpaired) electrons. The lowest BCUT2D eigenvalue weighted by molar-refractivity contribution is -0.140. The van der Waals surface area contributed by atoms with E-state index in [4.69, 9.17) is 9.84 Å². The maximum absolute atomic E-state index is 14.2. The van der Waals surface area contributed by atoms with Gasteiger partial charge in [-0.1, -0.05) is 84.4 Å². The lowest BCUT2D eigenvalue weighted by atomic mass is 9.76. The van der Waals surface area contributed by atoms with Crippen molar-refractivity contribution >= 4 is 27.7 Å². The second kappa shape index (κ2) is 16.6. The Labute approximate surface area is 286 Å². The van der Waals surface area contributed by atoms with Gasteiger partial charge in [-0.25, -0.2) is 13.1 Å². The highest BCUT2D eigenvalue weighted by Crippen LogP contribution is 2.30. The largest absolute Gasteiger partial charge is 0.491 e. The molecular formula is C36H54N4O7S. The van der Waals surface area contributed by atoms with Gasteiger partial charge >= 0.3 is 0 Å². The number of aliphatic hydroxyl groups excluding tert-OH is 1. The fourth-order valence-electron chi connectivity index (χ4n) is 5.42. The summed E-state index contributed by atoms with van der Waals surface area (Å²) < 4.78 is 33.3. The minimum Gasteiger partial charge on any atom is -0.491 e. The van der Waals surface area contributed by atoms with E-state index < -0.39 is 44.9 Å². The van der Waals surface area contributed by atoms with Gasteiger partial charge in [-0.05, 0) is 62.1 Å². The van der Waals surface area contributed by atoms with E-state index in [0.717, 1.165) is 11.1 Å². The fraction of sp³-hybridized carbons (Fsp3) is 0.528. The molecular weight excluding hydrogens is 632 g/mol. The predicted octanol–water partition coefficient (Wildman–Crippen LogP) is 3.70. The molecule has 4 N–H and O–H groups in total. The molecule has 0 bridgehead atoms. The molecule has 0 aliphatic rings. The van der Waals surface area contributed by atoms with Crippen molar-refractivity contribution in [2.45, 2.75) is 90.7 Å². The van der Waals surface area contributed by atoms with Crippen molar-refractivity contribution in [2.24, 2.45) is 11.3 Å². The average Bonchev–Trinajstić information content (AvgIpc) is 3.00. The molecule has 48 heavy (non-hydrogen) atoms. The first kappa shape index (κ1) is 40.4. The van der Waals surface area contributed by atoms with E-state index in [1.54, 1.807) is 44.4 Å². The molecule has 0 fully saturated rings. The topological polar surface area (TPSA) is 154 Å². The molecule has 0 aromatic heterocycles. The van der Waals surface area contributed by atoms with Crippen LogP contribution < -0.4 is 20.1 Å². The van der Waals surface area contributed by atoms with Crippen molar-refractivity contribution < 1.29 is 32.6 Å². The molecule has 2 aromatic carbocycles. The van der Waals surface area contributed by atoms with Gasteiger partial charge in [0.15, 0.2) is 0 Å². The lowest BCUT2D eigenvalue weighted by Crippen LogP contribution is -2.61. The van der Waals surface area contributed by atoms with Gasteiger partial charge < -0.3 is 25.4 Å². The SMILES string of the molecule is CN[C@H](C(=O)N[C@H](C(=O)N(C)[C@H](/C=C(\C)C(=O)NS(=O)(=O)c1ccc(C)cc1)C(C)C)C(C)(C)C)C(C)(C)c1ccc(OCCO)cc1. The number of hydrogen-bond donors (Lipinski definition) is 4. The number of likely N-dealkylation sites (N-methyl/N-ethyl adjacent to an activating group) is 2. The van der Waals surface area contributed by atoms with Crippen LogP contribution >= 0.6 is 0 Å². The van der Waals surface area contributed by atoms with E-state index >= 15 is 0 Å². The Morgan fingerprint density at radius 3 is 2.00 bits per heavy atom. The highest BCUT2D eigenvalue weighted by atomic mass is 32.2. The van der Waals surface area contributed by atoms with Crippen LogP contribution in [0.15, 0.2) is 65.1 Å². The van der Waals surface area contributed by atoms with Gasteiger partial charge in [0.25, 0.3) is 15.9 Å². The number of carbonyl (C=O) groups excluding carboxylic acids is 3. The molecule has 266 valence electrons. The second-order valence-corrected chi connectivity index (χ2v) is 15.8. The van der Waals surface area contributed by atoms with Crippen LogP contribution in [0.1, 0.15) is 66.5 Å². The number of ether oxygens (including phenoxy) is 1. The molecule has 2 rings (SSSR count). The van der Waals surface area contributed by atoms with Crippen molar-refractivity contribution in [3.63, 3.8) is 0 Å². The van der Waals surface area contributed by atoms with Crippen molar-refractivity contribution in [3.05, 3.63) is 71.3 Å². The lowest BCUT2D eigenvalue weighted by Gasteiger charge is -2.40. The number of hydrogen-bond acceptors (Lipinski definition) is 8. The molecule has 0 aliphatic heterocycles. The number of aryl methyl sites for hydroxylation is 1. The van der Waals surface area contributed by atoms with Gasteiger partial charge in [-0.3, -0.25) is 14.4 Å². The summed E-state index contributed by atoms with van der Waals surface area (Å²) in [4.78, 5) is 42.6. The first-order valence-corrected chi connectivity index (χ1v) is 17.6. The van der Waals surface area contributed by atoms with E-state index in [0.29, 0.717) is 5.75 Å². The van der Waals surface area contributed by atoms with Crippen molar-refractivity contribution in [3.8, 4) is 5.75 Å². The average molecular weight is 687 g/mol. The molecule has 0 saturated carbocycles. The number of nitrogens with one attached hydrogen (secondary N) is 3. The number of benzene rings is 2. The number of amides is 3. The first-order valence-electron chi connectivity index (χ1n) is 16.1. The van der Waals surface area contributed by atoms with E-state index in [2.05, 4.69) is 15.4 Å². The van der Waals surface area contributed by atoms with E-state index in [1.165, 1.54) is 24.0 Å². The summed E-state index contributed by atoms with van der Waals surface area (Å²) in [5, 5.41) is 15.2. The minimum absolute atomic E-state index is 0.0298. The summed E-state index contributed by atoms with van der Waals surface area (Å²) in [6.07, 6.45) is 1.58. The number of nitrogens with zero attached hydrogens (tertiary/aromatic N) is 1. The van der Waals surface area contributed by atoms with E-state index in [1.807, 2.05) is 67.5 Å². The maximum Gasteiger partial charge on any atom is 0.264 e. The van der Waals surface area contributed by atoms with Crippen molar-refractivity contribution in [1.29, 1.82) is 0 Å². The number of carbonyl (C=O) groups is 3. The van der Waals surface area contributed by atoms with Gasteiger partial charge in [0.05, 0.1) is 23.6 Å². The van der Waals surface area contributed by atoms with Crippen LogP contribution in [-0.4, -0.2) is 81.6 Å². The van der Waals surface area contributed by atoms with E-state index in [-0.39, 0.29) is 41.4 Å². The second-order valence-electron chi connectivity index (χ2n) is 14.1. The summed E-state index contributed by atoms with van der Waals surface area (Å²) in [6, 6.07) is 11.2. The normalized spacial score (nSPS) is 14.6. The highest BCUT2D eigenvalue weighted by Gasteiger charge is 2.41. The van der Waals surface area contributed by atoms with Gasteiger partial charge in [-0.2, -0.15) is 0 Å². The number of sulfonamides is 1. The van der Waals surface area contributed by atoms with Crippen LogP contribution in [0.5, 0.6) is 5.75 Å². The molecule has 0 aliphatic carbocycles.